The lowest BCUT2D eigenvalue weighted by Gasteiger charge is -2.07. The van der Waals surface area contributed by atoms with Gasteiger partial charge in [-0.25, -0.2) is 0 Å². The van der Waals surface area contributed by atoms with Crippen molar-refractivity contribution in [3.05, 3.63) is 29.8 Å². The van der Waals surface area contributed by atoms with Crippen LogP contribution in [0.1, 0.15) is 18.4 Å². The van der Waals surface area contributed by atoms with Crippen molar-refractivity contribution in [3.63, 3.8) is 0 Å². The van der Waals surface area contributed by atoms with Crippen molar-refractivity contribution in [2.24, 2.45) is 0 Å². The van der Waals surface area contributed by atoms with E-state index < -0.39 is 6.10 Å². The van der Waals surface area contributed by atoms with Gasteiger partial charge in [0.15, 0.2) is 0 Å². The molecule has 1 aromatic carbocycles. The lowest BCUT2D eigenvalue weighted by Crippen LogP contribution is -2.15. The molecule has 1 atom stereocenters. The summed E-state index contributed by atoms with van der Waals surface area (Å²) in [7, 11) is 0. The first-order valence-corrected chi connectivity index (χ1v) is 7.50. The number of amides is 1. The molecular weight excluding hydrogens is 262 g/mol. The van der Waals surface area contributed by atoms with E-state index in [-0.39, 0.29) is 12.5 Å². The standard InChI is InChI=1S/C14H21NO3S/c1-11-4-2-5-12(8-11)15-14(18)6-3-7-19-10-13(17)9-16/h2,4-5,8,13,16-17H,3,6-7,9-10H2,1H3,(H,15,18). The van der Waals surface area contributed by atoms with E-state index in [9.17, 15) is 4.79 Å². The van der Waals surface area contributed by atoms with Gasteiger partial charge in [0, 0.05) is 17.9 Å². The number of aryl methyl sites for hydroxylation is 1. The fourth-order valence-electron chi connectivity index (χ4n) is 1.55. The summed E-state index contributed by atoms with van der Waals surface area (Å²) in [6.07, 6.45) is 0.572. The number of carbonyl (C=O) groups excluding carboxylic acids is 1. The molecule has 5 heteroatoms. The molecule has 106 valence electrons. The number of carbonyl (C=O) groups is 1. The third-order valence-corrected chi connectivity index (χ3v) is 3.71. The van der Waals surface area contributed by atoms with Gasteiger partial charge in [0.1, 0.15) is 0 Å². The lowest BCUT2D eigenvalue weighted by atomic mass is 10.2. The van der Waals surface area contributed by atoms with Crippen LogP contribution >= 0.6 is 11.8 Å². The van der Waals surface area contributed by atoms with Gasteiger partial charge in [0.25, 0.3) is 0 Å². The third-order valence-electron chi connectivity index (χ3n) is 2.52. The van der Waals surface area contributed by atoms with E-state index in [2.05, 4.69) is 5.32 Å². The molecule has 0 aliphatic rings. The van der Waals surface area contributed by atoms with E-state index in [0.717, 1.165) is 23.4 Å². The first-order valence-electron chi connectivity index (χ1n) is 6.35. The van der Waals surface area contributed by atoms with Crippen LogP contribution in [0.25, 0.3) is 0 Å². The highest BCUT2D eigenvalue weighted by molar-refractivity contribution is 7.99. The van der Waals surface area contributed by atoms with E-state index in [4.69, 9.17) is 10.2 Å². The van der Waals surface area contributed by atoms with E-state index in [0.29, 0.717) is 12.2 Å². The highest BCUT2D eigenvalue weighted by Gasteiger charge is 2.04. The summed E-state index contributed by atoms with van der Waals surface area (Å²) in [6, 6.07) is 7.71. The summed E-state index contributed by atoms with van der Waals surface area (Å²) in [5, 5.41) is 20.6. The summed E-state index contributed by atoms with van der Waals surface area (Å²) in [6.45, 7) is 1.78. The molecule has 3 N–H and O–H groups in total. The highest BCUT2D eigenvalue weighted by atomic mass is 32.2. The molecule has 0 bridgehead atoms. The van der Waals surface area contributed by atoms with Gasteiger partial charge in [0.2, 0.25) is 5.91 Å². The Labute approximate surface area is 118 Å². The fourth-order valence-corrected chi connectivity index (χ4v) is 2.45. The molecule has 0 saturated carbocycles. The Hall–Kier alpha value is -1.04. The average molecular weight is 283 g/mol. The predicted octanol–water partition coefficient (Wildman–Crippen LogP) is 1.80. The molecular formula is C14H21NO3S. The number of hydrogen-bond donors (Lipinski definition) is 3. The Kier molecular flexibility index (Phi) is 7.55. The SMILES string of the molecule is Cc1cccc(NC(=O)CCCSCC(O)CO)c1. The first kappa shape index (κ1) is 16.0. The van der Waals surface area contributed by atoms with E-state index in [1.165, 1.54) is 0 Å². The zero-order chi connectivity index (χ0) is 14.1. The van der Waals surface area contributed by atoms with Crippen molar-refractivity contribution in [1.82, 2.24) is 0 Å². The molecule has 1 unspecified atom stereocenters. The molecule has 0 radical (unpaired) electrons. The number of hydrogen-bond acceptors (Lipinski definition) is 4. The normalized spacial score (nSPS) is 12.2. The van der Waals surface area contributed by atoms with E-state index in [1.807, 2.05) is 31.2 Å². The van der Waals surface area contributed by atoms with Crippen LogP contribution in [0.4, 0.5) is 5.69 Å². The maximum atomic E-state index is 11.7. The second-order valence-corrected chi connectivity index (χ2v) is 5.58. The van der Waals surface area contributed by atoms with Gasteiger partial charge < -0.3 is 15.5 Å². The number of aliphatic hydroxyl groups is 2. The van der Waals surface area contributed by atoms with E-state index in [1.54, 1.807) is 11.8 Å². The molecule has 0 saturated heterocycles. The van der Waals surface area contributed by atoms with Crippen molar-refractivity contribution in [3.8, 4) is 0 Å². The van der Waals surface area contributed by atoms with Crippen molar-refractivity contribution < 1.29 is 15.0 Å². The molecule has 19 heavy (non-hydrogen) atoms. The van der Waals surface area contributed by atoms with Crippen LogP contribution in [0, 0.1) is 6.92 Å². The maximum Gasteiger partial charge on any atom is 0.224 e. The van der Waals surface area contributed by atoms with Gasteiger partial charge in [-0.3, -0.25) is 4.79 Å². The highest BCUT2D eigenvalue weighted by Crippen LogP contribution is 2.11. The zero-order valence-corrected chi connectivity index (χ0v) is 11.9. The van der Waals surface area contributed by atoms with Crippen LogP contribution in [-0.2, 0) is 4.79 Å². The predicted molar refractivity (Wildman–Crippen MR) is 79.5 cm³/mol. The number of nitrogens with one attached hydrogen (secondary N) is 1. The average Bonchev–Trinajstić information content (AvgIpc) is 2.38. The van der Waals surface area contributed by atoms with Gasteiger partial charge >= 0.3 is 0 Å². The summed E-state index contributed by atoms with van der Waals surface area (Å²) in [4.78, 5) is 11.7. The third kappa shape index (κ3) is 7.20. The molecule has 0 fully saturated rings. The first-order chi connectivity index (χ1) is 9.11. The zero-order valence-electron chi connectivity index (χ0n) is 11.1. The van der Waals surface area contributed by atoms with Gasteiger partial charge in [0.05, 0.1) is 12.7 Å². The topological polar surface area (TPSA) is 69.6 Å². The molecule has 0 aliphatic carbocycles. The monoisotopic (exact) mass is 283 g/mol. The smallest absolute Gasteiger partial charge is 0.224 e. The molecule has 1 aromatic rings. The van der Waals surface area contributed by atoms with Gasteiger partial charge in [-0.2, -0.15) is 11.8 Å². The fraction of sp³-hybridized carbons (Fsp3) is 0.500. The molecule has 1 rings (SSSR count). The summed E-state index contributed by atoms with van der Waals surface area (Å²) in [5.74, 6) is 1.32. The molecule has 0 heterocycles. The summed E-state index contributed by atoms with van der Waals surface area (Å²) >= 11 is 1.55. The molecule has 1 amide bonds. The van der Waals surface area contributed by atoms with Crippen molar-refractivity contribution in [2.45, 2.75) is 25.9 Å². The lowest BCUT2D eigenvalue weighted by molar-refractivity contribution is -0.116. The second-order valence-electron chi connectivity index (χ2n) is 4.43. The van der Waals surface area contributed by atoms with Crippen LogP contribution in [0.2, 0.25) is 0 Å². The Morgan fingerprint density at radius 2 is 2.26 bits per heavy atom. The largest absolute Gasteiger partial charge is 0.394 e. The Bertz CT molecular complexity index is 398. The van der Waals surface area contributed by atoms with Gasteiger partial charge in [-0.1, -0.05) is 12.1 Å². The maximum absolute atomic E-state index is 11.7. The minimum Gasteiger partial charge on any atom is -0.394 e. The van der Waals surface area contributed by atoms with Crippen LogP contribution in [0.15, 0.2) is 24.3 Å². The molecule has 4 nitrogen and oxygen atoms in total. The van der Waals surface area contributed by atoms with Crippen LogP contribution in [-0.4, -0.2) is 40.3 Å². The van der Waals surface area contributed by atoms with Crippen molar-refractivity contribution >= 4 is 23.4 Å². The quantitative estimate of drug-likeness (QED) is 0.636. The van der Waals surface area contributed by atoms with Gasteiger partial charge in [-0.15, -0.1) is 0 Å². The van der Waals surface area contributed by atoms with Gasteiger partial charge in [-0.05, 0) is 36.8 Å². The number of thioether (sulfide) groups is 1. The van der Waals surface area contributed by atoms with E-state index >= 15 is 0 Å². The number of aliphatic hydroxyl groups excluding tert-OH is 2. The molecule has 0 aliphatic heterocycles. The minimum atomic E-state index is -0.661. The summed E-state index contributed by atoms with van der Waals surface area (Å²) in [5.41, 5.74) is 1.94. The number of benzene rings is 1. The summed E-state index contributed by atoms with van der Waals surface area (Å²) < 4.78 is 0. The number of anilines is 1. The Morgan fingerprint density at radius 1 is 1.47 bits per heavy atom. The van der Waals surface area contributed by atoms with Crippen LogP contribution in [0.3, 0.4) is 0 Å². The van der Waals surface area contributed by atoms with Crippen LogP contribution < -0.4 is 5.32 Å². The van der Waals surface area contributed by atoms with Crippen molar-refractivity contribution in [2.75, 3.05) is 23.4 Å². The Balaban J connectivity index is 2.15. The van der Waals surface area contributed by atoms with Crippen LogP contribution in [0.5, 0.6) is 0 Å². The molecule has 0 spiro atoms. The van der Waals surface area contributed by atoms with Crippen molar-refractivity contribution in [1.29, 1.82) is 0 Å². The second kappa shape index (κ2) is 8.96. The molecule has 0 aromatic heterocycles. The minimum absolute atomic E-state index is 0.00825. The Morgan fingerprint density at radius 3 is 2.95 bits per heavy atom. The number of rotatable bonds is 8.